The summed E-state index contributed by atoms with van der Waals surface area (Å²) in [5, 5.41) is 2.77. The first-order chi connectivity index (χ1) is 14.3. The maximum absolute atomic E-state index is 12.5. The van der Waals surface area contributed by atoms with Crippen molar-refractivity contribution in [2.45, 2.75) is 39.3 Å². The van der Waals surface area contributed by atoms with Crippen molar-refractivity contribution in [1.29, 1.82) is 0 Å². The zero-order valence-electron chi connectivity index (χ0n) is 17.2. The van der Waals surface area contributed by atoms with E-state index in [1.165, 1.54) is 24.6 Å². The Hall–Kier alpha value is -3.48. The van der Waals surface area contributed by atoms with Gasteiger partial charge in [0.05, 0.1) is 17.2 Å². The SMILES string of the molecule is CCc1ccc([C@@H](C)NC(=O)COC(=O)[C@@H](C)N2C(=O)c3ccccc3C2=O)cc1. The maximum atomic E-state index is 12.5. The number of benzene rings is 2. The third-order valence-electron chi connectivity index (χ3n) is 5.16. The fraction of sp³-hybridized carbons (Fsp3) is 0.304. The van der Waals surface area contributed by atoms with Gasteiger partial charge in [0.2, 0.25) is 0 Å². The van der Waals surface area contributed by atoms with Crippen LogP contribution in [-0.4, -0.2) is 41.2 Å². The molecule has 1 N–H and O–H groups in total. The van der Waals surface area contributed by atoms with Gasteiger partial charge in [0, 0.05) is 0 Å². The van der Waals surface area contributed by atoms with Crippen molar-refractivity contribution in [2.24, 2.45) is 0 Å². The number of hydrogen-bond acceptors (Lipinski definition) is 5. The van der Waals surface area contributed by atoms with Crippen LogP contribution in [0.1, 0.15) is 58.7 Å². The molecule has 30 heavy (non-hydrogen) atoms. The van der Waals surface area contributed by atoms with Crippen molar-refractivity contribution in [3.63, 3.8) is 0 Å². The fourth-order valence-electron chi connectivity index (χ4n) is 3.33. The number of carbonyl (C=O) groups excluding carboxylic acids is 4. The summed E-state index contributed by atoms with van der Waals surface area (Å²) in [5.41, 5.74) is 2.64. The van der Waals surface area contributed by atoms with E-state index < -0.39 is 36.3 Å². The van der Waals surface area contributed by atoms with E-state index in [0.29, 0.717) is 0 Å². The Kier molecular flexibility index (Phi) is 6.30. The minimum Gasteiger partial charge on any atom is -0.454 e. The van der Waals surface area contributed by atoms with Crippen LogP contribution in [0, 0.1) is 0 Å². The van der Waals surface area contributed by atoms with Crippen LogP contribution in [0.3, 0.4) is 0 Å². The van der Waals surface area contributed by atoms with E-state index in [0.717, 1.165) is 16.9 Å². The molecule has 0 unspecified atom stereocenters. The van der Waals surface area contributed by atoms with E-state index in [4.69, 9.17) is 4.74 Å². The number of carbonyl (C=O) groups is 4. The van der Waals surface area contributed by atoms with Crippen LogP contribution in [0.25, 0.3) is 0 Å². The molecule has 1 heterocycles. The standard InChI is InChI=1S/C23H24N2O5/c1-4-16-9-11-17(12-10-16)14(2)24-20(26)13-30-23(29)15(3)25-21(27)18-7-5-6-8-19(18)22(25)28/h5-12,14-15H,4,13H2,1-3H3,(H,24,26)/t14-,15-/m1/s1. The molecule has 1 aliphatic heterocycles. The lowest BCUT2D eigenvalue weighted by Crippen LogP contribution is -2.44. The molecule has 0 fully saturated rings. The van der Waals surface area contributed by atoms with Crippen LogP contribution in [0.15, 0.2) is 48.5 Å². The summed E-state index contributed by atoms with van der Waals surface area (Å²) in [4.78, 5) is 50.3. The molecule has 7 heteroatoms. The summed E-state index contributed by atoms with van der Waals surface area (Å²) in [7, 11) is 0. The van der Waals surface area contributed by atoms with Gasteiger partial charge in [-0.15, -0.1) is 0 Å². The zero-order valence-corrected chi connectivity index (χ0v) is 17.2. The smallest absolute Gasteiger partial charge is 0.329 e. The first-order valence-corrected chi connectivity index (χ1v) is 9.85. The van der Waals surface area contributed by atoms with Crippen LogP contribution >= 0.6 is 0 Å². The molecule has 0 saturated heterocycles. The second-order valence-electron chi connectivity index (χ2n) is 7.19. The molecule has 2 aromatic rings. The number of hydrogen-bond donors (Lipinski definition) is 1. The van der Waals surface area contributed by atoms with E-state index in [-0.39, 0.29) is 17.2 Å². The summed E-state index contributed by atoms with van der Waals surface area (Å²) < 4.78 is 5.05. The van der Waals surface area contributed by atoms with E-state index in [9.17, 15) is 19.2 Å². The Morgan fingerprint density at radius 3 is 2.07 bits per heavy atom. The Labute approximate surface area is 175 Å². The largest absolute Gasteiger partial charge is 0.454 e. The van der Waals surface area contributed by atoms with Gasteiger partial charge >= 0.3 is 5.97 Å². The zero-order chi connectivity index (χ0) is 21.8. The normalized spacial score (nSPS) is 14.8. The van der Waals surface area contributed by atoms with Gasteiger partial charge in [-0.25, -0.2) is 4.79 Å². The molecular weight excluding hydrogens is 384 g/mol. The first-order valence-electron chi connectivity index (χ1n) is 9.85. The molecule has 2 atom stereocenters. The lowest BCUT2D eigenvalue weighted by atomic mass is 10.1. The summed E-state index contributed by atoms with van der Waals surface area (Å²) in [5.74, 6) is -2.38. The van der Waals surface area contributed by atoms with Crippen molar-refractivity contribution in [3.05, 3.63) is 70.8 Å². The predicted molar refractivity (Wildman–Crippen MR) is 110 cm³/mol. The molecule has 0 bridgehead atoms. The maximum Gasteiger partial charge on any atom is 0.329 e. The van der Waals surface area contributed by atoms with Gasteiger partial charge in [0.1, 0.15) is 6.04 Å². The minimum atomic E-state index is -1.13. The number of esters is 1. The highest BCUT2D eigenvalue weighted by Crippen LogP contribution is 2.24. The van der Waals surface area contributed by atoms with E-state index >= 15 is 0 Å². The number of nitrogens with one attached hydrogen (secondary N) is 1. The summed E-state index contributed by atoms with van der Waals surface area (Å²) in [6.07, 6.45) is 0.933. The van der Waals surface area contributed by atoms with Gasteiger partial charge < -0.3 is 10.1 Å². The second kappa shape index (κ2) is 8.90. The molecule has 3 rings (SSSR count). The Morgan fingerprint density at radius 1 is 0.967 bits per heavy atom. The molecule has 1 aliphatic rings. The molecule has 0 radical (unpaired) electrons. The second-order valence-corrected chi connectivity index (χ2v) is 7.19. The average molecular weight is 408 g/mol. The van der Waals surface area contributed by atoms with Crippen molar-refractivity contribution in [3.8, 4) is 0 Å². The molecule has 0 saturated carbocycles. The van der Waals surface area contributed by atoms with Gasteiger partial charge in [0.25, 0.3) is 17.7 Å². The summed E-state index contributed by atoms with van der Waals surface area (Å²) >= 11 is 0. The number of amides is 3. The van der Waals surface area contributed by atoms with Gasteiger partial charge in [-0.05, 0) is 43.5 Å². The highest BCUT2D eigenvalue weighted by Gasteiger charge is 2.41. The van der Waals surface area contributed by atoms with Crippen molar-refractivity contribution in [2.75, 3.05) is 6.61 Å². The van der Waals surface area contributed by atoms with Crippen molar-refractivity contribution < 1.29 is 23.9 Å². The third kappa shape index (κ3) is 4.25. The Bertz CT molecular complexity index is 948. The van der Waals surface area contributed by atoms with E-state index in [2.05, 4.69) is 12.2 Å². The first kappa shape index (κ1) is 21.2. The van der Waals surface area contributed by atoms with Gasteiger partial charge in [-0.2, -0.15) is 0 Å². The van der Waals surface area contributed by atoms with Gasteiger partial charge in [-0.1, -0.05) is 43.3 Å². The average Bonchev–Trinajstić information content (AvgIpc) is 3.02. The number of fused-ring (bicyclic) bond motifs is 1. The number of rotatable bonds is 7. The molecule has 0 aromatic heterocycles. The molecule has 156 valence electrons. The highest BCUT2D eigenvalue weighted by molar-refractivity contribution is 6.22. The van der Waals surface area contributed by atoms with Crippen molar-refractivity contribution >= 4 is 23.7 Å². The quantitative estimate of drug-likeness (QED) is 0.562. The van der Waals surface area contributed by atoms with E-state index in [1.54, 1.807) is 12.1 Å². The molecule has 7 nitrogen and oxygen atoms in total. The fourth-order valence-corrected chi connectivity index (χ4v) is 3.33. The molecule has 2 aromatic carbocycles. The van der Waals surface area contributed by atoms with Crippen LogP contribution in [-0.2, 0) is 20.7 Å². The van der Waals surface area contributed by atoms with E-state index in [1.807, 2.05) is 31.2 Å². The molecular formula is C23H24N2O5. The monoisotopic (exact) mass is 408 g/mol. The van der Waals surface area contributed by atoms with Crippen LogP contribution in [0.4, 0.5) is 0 Å². The molecule has 3 amide bonds. The van der Waals surface area contributed by atoms with Gasteiger partial charge in [0.15, 0.2) is 6.61 Å². The van der Waals surface area contributed by atoms with Crippen LogP contribution in [0.2, 0.25) is 0 Å². The summed E-state index contributed by atoms with van der Waals surface area (Å²) in [6.45, 7) is 4.81. The number of aryl methyl sites for hydroxylation is 1. The molecule has 0 aliphatic carbocycles. The molecule has 0 spiro atoms. The Morgan fingerprint density at radius 2 is 1.53 bits per heavy atom. The topological polar surface area (TPSA) is 92.8 Å². The van der Waals surface area contributed by atoms with Gasteiger partial charge in [-0.3, -0.25) is 19.3 Å². The highest BCUT2D eigenvalue weighted by atomic mass is 16.5. The van der Waals surface area contributed by atoms with Crippen LogP contribution < -0.4 is 5.32 Å². The third-order valence-corrected chi connectivity index (χ3v) is 5.16. The van der Waals surface area contributed by atoms with Crippen LogP contribution in [0.5, 0.6) is 0 Å². The predicted octanol–water partition coefficient (Wildman–Crippen LogP) is 2.65. The minimum absolute atomic E-state index is 0.253. The number of ether oxygens (including phenoxy) is 1. The number of nitrogens with zero attached hydrogens (tertiary/aromatic N) is 1. The number of imide groups is 1. The summed E-state index contributed by atoms with van der Waals surface area (Å²) in [6, 6.07) is 12.9. The van der Waals surface area contributed by atoms with Crippen molar-refractivity contribution in [1.82, 2.24) is 10.2 Å². The Balaban J connectivity index is 1.54. The lowest BCUT2D eigenvalue weighted by molar-refractivity contribution is -0.152. The lowest BCUT2D eigenvalue weighted by Gasteiger charge is -2.21.